The van der Waals surface area contributed by atoms with E-state index in [4.69, 9.17) is 20.4 Å². The quantitative estimate of drug-likeness (QED) is 0.0804. The molecule has 1 atom stereocenters. The van der Waals surface area contributed by atoms with Gasteiger partial charge in [-0.1, -0.05) is 109 Å². The molecule has 0 rings (SSSR count). The third-order valence-corrected chi connectivity index (χ3v) is 5.81. The van der Waals surface area contributed by atoms with Crippen molar-refractivity contribution in [3.63, 3.8) is 0 Å². The van der Waals surface area contributed by atoms with Gasteiger partial charge in [-0.2, -0.15) is 0 Å². The second-order valence-electron chi connectivity index (χ2n) is 9.30. The Morgan fingerprint density at radius 2 is 0.943 bits per heavy atom. The molecule has 0 spiro atoms. The molecule has 0 bridgehead atoms. The largest absolute Gasteiger partial charge is 0.481 e. The van der Waals surface area contributed by atoms with Crippen molar-refractivity contribution in [3.05, 3.63) is 12.2 Å². The molecule has 0 heterocycles. The lowest BCUT2D eigenvalue weighted by Gasteiger charge is -2.02. The standard InChI is InChI=1S/C24H46O2.C4H6O5/c1-2-3-4-5-6-7-8-9-10-11-12-13-14-15-16-17-18-19-20-21-22-23-24(25)26;5-2(4(8)9)1-3(6)7/h9-10H,2-8,11-23H2,1H3,(H,25,26);2,5H,1H2,(H,6,7)(H,8,9)/b10-9-;. The van der Waals surface area contributed by atoms with Crippen molar-refractivity contribution in [2.45, 2.75) is 148 Å². The predicted molar refractivity (Wildman–Crippen MR) is 141 cm³/mol. The Kier molecular flexibility index (Phi) is 28.6. The number of rotatable bonds is 24. The summed E-state index contributed by atoms with van der Waals surface area (Å²) in [4.78, 5) is 29.8. The van der Waals surface area contributed by atoms with Gasteiger partial charge in [0.2, 0.25) is 0 Å². The van der Waals surface area contributed by atoms with Crippen LogP contribution in [0.5, 0.6) is 0 Å². The first kappa shape index (κ1) is 35.3. The van der Waals surface area contributed by atoms with E-state index in [0.717, 1.165) is 12.8 Å². The zero-order valence-electron chi connectivity index (χ0n) is 22.1. The van der Waals surface area contributed by atoms with Gasteiger partial charge < -0.3 is 20.4 Å². The van der Waals surface area contributed by atoms with Gasteiger partial charge in [0, 0.05) is 6.42 Å². The fourth-order valence-corrected chi connectivity index (χ4v) is 3.66. The number of carbonyl (C=O) groups is 3. The third-order valence-electron chi connectivity index (χ3n) is 5.81. The summed E-state index contributed by atoms with van der Waals surface area (Å²) in [5, 5.41) is 32.7. The summed E-state index contributed by atoms with van der Waals surface area (Å²) in [6.45, 7) is 2.28. The van der Waals surface area contributed by atoms with Gasteiger partial charge in [-0.25, -0.2) is 4.79 Å². The van der Waals surface area contributed by atoms with Crippen LogP contribution < -0.4 is 0 Å². The molecular formula is C28H52O7. The highest BCUT2D eigenvalue weighted by atomic mass is 16.4. The van der Waals surface area contributed by atoms with Crippen LogP contribution in [0.2, 0.25) is 0 Å². The highest BCUT2D eigenvalue weighted by Crippen LogP contribution is 2.13. The number of aliphatic hydroxyl groups excluding tert-OH is 1. The molecule has 1 unspecified atom stereocenters. The summed E-state index contributed by atoms with van der Waals surface area (Å²) < 4.78 is 0. The van der Waals surface area contributed by atoms with Crippen molar-refractivity contribution in [3.8, 4) is 0 Å². The number of hydrogen-bond donors (Lipinski definition) is 4. The summed E-state index contributed by atoms with van der Waals surface area (Å²) in [6.07, 6.45) is 27.5. The van der Waals surface area contributed by atoms with E-state index < -0.39 is 30.4 Å². The first-order valence-electron chi connectivity index (χ1n) is 13.8. The topological polar surface area (TPSA) is 132 Å². The Balaban J connectivity index is 0. The summed E-state index contributed by atoms with van der Waals surface area (Å²) in [5.74, 6) is -3.50. The highest BCUT2D eigenvalue weighted by molar-refractivity contribution is 5.79. The van der Waals surface area contributed by atoms with Gasteiger partial charge in [0.15, 0.2) is 6.10 Å². The summed E-state index contributed by atoms with van der Waals surface area (Å²) >= 11 is 0. The van der Waals surface area contributed by atoms with E-state index in [1.807, 2.05) is 0 Å². The highest BCUT2D eigenvalue weighted by Gasteiger charge is 2.16. The van der Waals surface area contributed by atoms with Gasteiger partial charge in [0.1, 0.15) is 0 Å². The minimum atomic E-state index is -1.79. The average Bonchev–Trinajstić information content (AvgIpc) is 2.80. The number of aliphatic hydroxyl groups is 1. The van der Waals surface area contributed by atoms with E-state index in [2.05, 4.69) is 19.1 Å². The van der Waals surface area contributed by atoms with Crippen LogP contribution in [0.3, 0.4) is 0 Å². The van der Waals surface area contributed by atoms with Crippen LogP contribution in [0.15, 0.2) is 12.2 Å². The number of aliphatic carboxylic acids is 3. The van der Waals surface area contributed by atoms with Gasteiger partial charge in [0.05, 0.1) is 6.42 Å². The molecular weight excluding hydrogens is 448 g/mol. The Labute approximate surface area is 213 Å². The Morgan fingerprint density at radius 3 is 1.26 bits per heavy atom. The molecule has 0 saturated carbocycles. The fraction of sp³-hybridized carbons (Fsp3) is 0.821. The monoisotopic (exact) mass is 500 g/mol. The van der Waals surface area contributed by atoms with Gasteiger partial charge in [0.25, 0.3) is 0 Å². The van der Waals surface area contributed by atoms with Crippen molar-refractivity contribution in [1.82, 2.24) is 0 Å². The minimum Gasteiger partial charge on any atom is -0.481 e. The lowest BCUT2D eigenvalue weighted by molar-refractivity contribution is -0.152. The molecule has 0 aromatic rings. The first-order valence-corrected chi connectivity index (χ1v) is 13.8. The zero-order valence-corrected chi connectivity index (χ0v) is 22.1. The van der Waals surface area contributed by atoms with E-state index in [1.54, 1.807) is 0 Å². The number of unbranched alkanes of at least 4 members (excludes halogenated alkanes) is 17. The normalized spacial score (nSPS) is 11.7. The summed E-state index contributed by atoms with van der Waals surface area (Å²) in [5.41, 5.74) is 0. The maximum atomic E-state index is 10.4. The molecule has 0 saturated heterocycles. The number of carboxylic acid groups (broad SMARTS) is 3. The average molecular weight is 501 g/mol. The molecule has 0 aliphatic carbocycles. The second kappa shape index (κ2) is 28.3. The molecule has 0 aliphatic rings. The smallest absolute Gasteiger partial charge is 0.333 e. The van der Waals surface area contributed by atoms with Crippen molar-refractivity contribution >= 4 is 17.9 Å². The molecule has 4 N–H and O–H groups in total. The summed E-state index contributed by atoms with van der Waals surface area (Å²) in [7, 11) is 0. The van der Waals surface area contributed by atoms with Gasteiger partial charge >= 0.3 is 17.9 Å². The SMILES string of the molecule is CCCCCCCC/C=C\CCCCCCCCCCCCCC(=O)O.O=C(O)CC(O)C(=O)O. The number of hydrogen-bond acceptors (Lipinski definition) is 4. The molecule has 0 fully saturated rings. The molecule has 0 aromatic carbocycles. The first-order chi connectivity index (χ1) is 16.8. The van der Waals surface area contributed by atoms with Crippen LogP contribution >= 0.6 is 0 Å². The molecule has 7 heteroatoms. The van der Waals surface area contributed by atoms with Gasteiger partial charge in [-0.3, -0.25) is 9.59 Å². The van der Waals surface area contributed by atoms with Gasteiger partial charge in [-0.15, -0.1) is 0 Å². The van der Waals surface area contributed by atoms with E-state index in [1.165, 1.54) is 109 Å². The van der Waals surface area contributed by atoms with Crippen LogP contribution in [0.25, 0.3) is 0 Å². The fourth-order valence-electron chi connectivity index (χ4n) is 3.66. The maximum absolute atomic E-state index is 10.4. The van der Waals surface area contributed by atoms with E-state index in [9.17, 15) is 14.4 Å². The Morgan fingerprint density at radius 1 is 0.571 bits per heavy atom. The van der Waals surface area contributed by atoms with Crippen LogP contribution in [-0.2, 0) is 14.4 Å². The predicted octanol–water partition coefficient (Wildman–Crippen LogP) is 7.36. The summed E-state index contributed by atoms with van der Waals surface area (Å²) in [6, 6.07) is 0. The lowest BCUT2D eigenvalue weighted by Crippen LogP contribution is -2.22. The maximum Gasteiger partial charge on any atom is 0.333 e. The minimum absolute atomic E-state index is 0.342. The second-order valence-corrected chi connectivity index (χ2v) is 9.30. The molecule has 0 aromatic heterocycles. The number of allylic oxidation sites excluding steroid dienone is 2. The van der Waals surface area contributed by atoms with Gasteiger partial charge in [-0.05, 0) is 32.1 Å². The zero-order chi connectivity index (χ0) is 26.6. The molecule has 206 valence electrons. The van der Waals surface area contributed by atoms with Crippen LogP contribution in [0, 0.1) is 0 Å². The van der Waals surface area contributed by atoms with Crippen LogP contribution in [0.1, 0.15) is 142 Å². The van der Waals surface area contributed by atoms with Crippen molar-refractivity contribution < 1.29 is 34.8 Å². The Hall–Kier alpha value is -1.89. The molecule has 35 heavy (non-hydrogen) atoms. The lowest BCUT2D eigenvalue weighted by atomic mass is 10.0. The van der Waals surface area contributed by atoms with Crippen molar-refractivity contribution in [2.75, 3.05) is 0 Å². The molecule has 0 radical (unpaired) electrons. The number of carboxylic acids is 3. The molecule has 7 nitrogen and oxygen atoms in total. The van der Waals surface area contributed by atoms with Crippen LogP contribution in [0.4, 0.5) is 0 Å². The molecule has 0 aliphatic heterocycles. The Bertz CT molecular complexity index is 531. The molecule has 0 amide bonds. The van der Waals surface area contributed by atoms with Crippen molar-refractivity contribution in [2.24, 2.45) is 0 Å². The van der Waals surface area contributed by atoms with Crippen molar-refractivity contribution in [1.29, 1.82) is 0 Å². The van der Waals surface area contributed by atoms with E-state index in [0.29, 0.717) is 6.42 Å². The third kappa shape index (κ3) is 34.4. The van der Waals surface area contributed by atoms with Crippen LogP contribution in [-0.4, -0.2) is 44.4 Å². The van der Waals surface area contributed by atoms with E-state index in [-0.39, 0.29) is 0 Å². The van der Waals surface area contributed by atoms with E-state index >= 15 is 0 Å².